The van der Waals surface area contributed by atoms with Gasteiger partial charge in [0.05, 0.1) is 0 Å². The number of nitrogens with one attached hydrogen (secondary N) is 1. The van der Waals surface area contributed by atoms with E-state index in [1.807, 2.05) is 4.90 Å². The highest BCUT2D eigenvalue weighted by molar-refractivity contribution is 6.03. The second kappa shape index (κ2) is 7.10. The molecule has 2 heterocycles. The topological polar surface area (TPSA) is 61.4 Å². The van der Waals surface area contributed by atoms with Crippen LogP contribution in [0, 0.1) is 18.6 Å². The predicted molar refractivity (Wildman–Crippen MR) is 90.8 cm³/mol. The standard InChI is InChI=1S/C17H19F2N5O/c1-11-9-15(16(25)21-12-3-4-13(18)14(19)10-12)22-17(20-11)24-7-5-23(2)6-8-24/h3-4,9-10H,5-8H2,1-2H3,(H,21,25). The quantitative estimate of drug-likeness (QED) is 0.921. The van der Waals surface area contributed by atoms with Gasteiger partial charge in [0.25, 0.3) is 5.91 Å². The van der Waals surface area contributed by atoms with Gasteiger partial charge in [0.1, 0.15) is 5.69 Å². The highest BCUT2D eigenvalue weighted by Gasteiger charge is 2.19. The molecule has 2 aromatic rings. The Labute approximate surface area is 144 Å². The highest BCUT2D eigenvalue weighted by atomic mass is 19.2. The van der Waals surface area contributed by atoms with Gasteiger partial charge in [0.2, 0.25) is 5.95 Å². The summed E-state index contributed by atoms with van der Waals surface area (Å²) in [5.74, 6) is -1.97. The molecule has 0 aliphatic carbocycles. The lowest BCUT2D eigenvalue weighted by Crippen LogP contribution is -2.45. The number of aryl methyl sites for hydroxylation is 1. The van der Waals surface area contributed by atoms with Gasteiger partial charge < -0.3 is 15.1 Å². The van der Waals surface area contributed by atoms with Gasteiger partial charge >= 0.3 is 0 Å². The predicted octanol–water partition coefficient (Wildman–Crippen LogP) is 2.07. The van der Waals surface area contributed by atoms with E-state index in [0.29, 0.717) is 11.6 Å². The molecule has 132 valence electrons. The number of likely N-dealkylation sites (N-methyl/N-ethyl adjacent to an activating group) is 1. The second-order valence-electron chi connectivity index (χ2n) is 6.07. The van der Waals surface area contributed by atoms with Crippen molar-refractivity contribution < 1.29 is 13.6 Å². The minimum absolute atomic E-state index is 0.168. The van der Waals surface area contributed by atoms with Gasteiger partial charge in [-0.3, -0.25) is 4.79 Å². The Bertz CT molecular complexity index is 791. The molecule has 25 heavy (non-hydrogen) atoms. The first-order valence-corrected chi connectivity index (χ1v) is 7.98. The van der Waals surface area contributed by atoms with Crippen LogP contribution in [0.5, 0.6) is 0 Å². The van der Waals surface area contributed by atoms with Crippen LogP contribution in [-0.4, -0.2) is 54.0 Å². The molecule has 1 amide bonds. The molecule has 1 fully saturated rings. The van der Waals surface area contributed by atoms with Gasteiger partial charge in [-0.05, 0) is 32.2 Å². The Balaban J connectivity index is 1.79. The maximum Gasteiger partial charge on any atom is 0.274 e. The van der Waals surface area contributed by atoms with E-state index in [1.54, 1.807) is 13.0 Å². The zero-order valence-corrected chi connectivity index (χ0v) is 14.1. The van der Waals surface area contributed by atoms with Crippen molar-refractivity contribution in [1.29, 1.82) is 0 Å². The van der Waals surface area contributed by atoms with E-state index in [-0.39, 0.29) is 11.4 Å². The van der Waals surface area contributed by atoms with Gasteiger partial charge in [-0.1, -0.05) is 0 Å². The molecule has 0 radical (unpaired) electrons. The van der Waals surface area contributed by atoms with Gasteiger partial charge in [-0.15, -0.1) is 0 Å². The Kier molecular flexibility index (Phi) is 4.89. The first-order chi connectivity index (χ1) is 11.9. The number of aromatic nitrogens is 2. The third-order valence-electron chi connectivity index (χ3n) is 4.04. The average Bonchev–Trinajstić information content (AvgIpc) is 2.58. The number of benzene rings is 1. The zero-order valence-electron chi connectivity index (χ0n) is 14.1. The van der Waals surface area contributed by atoms with E-state index in [0.717, 1.165) is 38.3 Å². The lowest BCUT2D eigenvalue weighted by molar-refractivity contribution is 0.102. The van der Waals surface area contributed by atoms with Gasteiger partial charge in [0.15, 0.2) is 11.6 Å². The number of amides is 1. The van der Waals surface area contributed by atoms with Crippen molar-refractivity contribution in [2.24, 2.45) is 0 Å². The fraction of sp³-hybridized carbons (Fsp3) is 0.353. The third-order valence-corrected chi connectivity index (χ3v) is 4.04. The summed E-state index contributed by atoms with van der Waals surface area (Å²) in [7, 11) is 2.05. The van der Waals surface area contributed by atoms with Crippen LogP contribution in [0.1, 0.15) is 16.2 Å². The minimum Gasteiger partial charge on any atom is -0.338 e. The number of hydrogen-bond donors (Lipinski definition) is 1. The van der Waals surface area contributed by atoms with Crippen LogP contribution < -0.4 is 10.2 Å². The number of nitrogens with zero attached hydrogens (tertiary/aromatic N) is 4. The van der Waals surface area contributed by atoms with Crippen LogP contribution in [0.4, 0.5) is 20.4 Å². The molecule has 0 bridgehead atoms. The van der Waals surface area contributed by atoms with Gasteiger partial charge in [0, 0.05) is 43.6 Å². The molecule has 0 unspecified atom stereocenters. The number of carbonyl (C=O) groups excluding carboxylic acids is 1. The van der Waals surface area contributed by atoms with E-state index >= 15 is 0 Å². The molecule has 1 N–H and O–H groups in total. The maximum absolute atomic E-state index is 13.3. The van der Waals surface area contributed by atoms with E-state index < -0.39 is 17.5 Å². The number of anilines is 2. The molecular weight excluding hydrogens is 328 g/mol. The van der Waals surface area contributed by atoms with Gasteiger partial charge in [-0.2, -0.15) is 0 Å². The Morgan fingerprint density at radius 1 is 1.08 bits per heavy atom. The lowest BCUT2D eigenvalue weighted by atomic mass is 10.2. The monoisotopic (exact) mass is 347 g/mol. The molecule has 1 aromatic heterocycles. The summed E-state index contributed by atoms with van der Waals surface area (Å²) in [6.45, 7) is 5.14. The number of piperazine rings is 1. The van der Waals surface area contributed by atoms with Crippen molar-refractivity contribution in [3.8, 4) is 0 Å². The summed E-state index contributed by atoms with van der Waals surface area (Å²) >= 11 is 0. The fourth-order valence-electron chi connectivity index (χ4n) is 2.59. The average molecular weight is 347 g/mol. The molecule has 8 heteroatoms. The Morgan fingerprint density at radius 2 is 1.80 bits per heavy atom. The lowest BCUT2D eigenvalue weighted by Gasteiger charge is -2.32. The van der Waals surface area contributed by atoms with Crippen LogP contribution in [0.25, 0.3) is 0 Å². The van der Waals surface area contributed by atoms with Crippen molar-refractivity contribution in [3.63, 3.8) is 0 Å². The number of halogens is 2. The van der Waals surface area contributed by atoms with Crippen LogP contribution in [0.3, 0.4) is 0 Å². The van der Waals surface area contributed by atoms with Crippen molar-refractivity contribution >= 4 is 17.5 Å². The number of carbonyl (C=O) groups is 1. The Morgan fingerprint density at radius 3 is 2.48 bits per heavy atom. The van der Waals surface area contributed by atoms with Crippen molar-refractivity contribution in [3.05, 3.63) is 47.3 Å². The van der Waals surface area contributed by atoms with Crippen molar-refractivity contribution in [1.82, 2.24) is 14.9 Å². The van der Waals surface area contributed by atoms with E-state index in [1.165, 1.54) is 6.07 Å². The molecule has 0 saturated carbocycles. The summed E-state index contributed by atoms with van der Waals surface area (Å²) in [6.07, 6.45) is 0. The summed E-state index contributed by atoms with van der Waals surface area (Å²) in [4.78, 5) is 25.4. The molecule has 3 rings (SSSR count). The summed E-state index contributed by atoms with van der Waals surface area (Å²) in [5, 5.41) is 2.53. The first-order valence-electron chi connectivity index (χ1n) is 7.98. The van der Waals surface area contributed by atoms with E-state index in [2.05, 4.69) is 27.2 Å². The molecule has 6 nitrogen and oxygen atoms in total. The first kappa shape index (κ1) is 17.2. The molecule has 1 saturated heterocycles. The fourth-order valence-corrected chi connectivity index (χ4v) is 2.59. The largest absolute Gasteiger partial charge is 0.338 e. The number of rotatable bonds is 3. The molecule has 0 spiro atoms. The molecule has 1 aliphatic heterocycles. The van der Waals surface area contributed by atoms with E-state index in [4.69, 9.17) is 0 Å². The highest BCUT2D eigenvalue weighted by Crippen LogP contribution is 2.16. The van der Waals surface area contributed by atoms with E-state index in [9.17, 15) is 13.6 Å². The molecule has 1 aromatic carbocycles. The van der Waals surface area contributed by atoms with Crippen LogP contribution in [0.15, 0.2) is 24.3 Å². The van der Waals surface area contributed by atoms with Crippen molar-refractivity contribution in [2.45, 2.75) is 6.92 Å². The zero-order chi connectivity index (χ0) is 18.0. The summed E-state index contributed by atoms with van der Waals surface area (Å²) in [6, 6.07) is 4.76. The summed E-state index contributed by atoms with van der Waals surface area (Å²) in [5.41, 5.74) is 1.02. The molecular formula is C17H19F2N5O. The third kappa shape index (κ3) is 4.08. The van der Waals surface area contributed by atoms with Crippen LogP contribution in [0.2, 0.25) is 0 Å². The second-order valence-corrected chi connectivity index (χ2v) is 6.07. The van der Waals surface area contributed by atoms with Crippen molar-refractivity contribution in [2.75, 3.05) is 43.4 Å². The Hall–Kier alpha value is -2.61. The number of hydrogen-bond acceptors (Lipinski definition) is 5. The maximum atomic E-state index is 13.3. The molecule has 0 atom stereocenters. The summed E-state index contributed by atoms with van der Waals surface area (Å²) < 4.78 is 26.3. The minimum atomic E-state index is -1.02. The van der Waals surface area contributed by atoms with Crippen LogP contribution in [-0.2, 0) is 0 Å². The smallest absolute Gasteiger partial charge is 0.274 e. The van der Waals surface area contributed by atoms with Crippen LogP contribution >= 0.6 is 0 Å². The SMILES string of the molecule is Cc1cc(C(=O)Nc2ccc(F)c(F)c2)nc(N2CCN(C)CC2)n1. The van der Waals surface area contributed by atoms with Gasteiger partial charge in [-0.25, -0.2) is 18.7 Å². The molecule has 1 aliphatic rings. The normalized spacial score (nSPS) is 15.3.